The predicted molar refractivity (Wildman–Crippen MR) is 48.5 cm³/mol. The maximum atomic E-state index is 7.07. The van der Waals surface area contributed by atoms with Gasteiger partial charge in [-0.3, -0.25) is 4.99 Å². The fourth-order valence-electron chi connectivity index (χ4n) is 0.634. The number of nitrogens with zero attached hydrogens (tertiary/aromatic N) is 5. The van der Waals surface area contributed by atoms with Crippen molar-refractivity contribution in [3.05, 3.63) is 18.4 Å². The second-order valence-corrected chi connectivity index (χ2v) is 2.01. The van der Waals surface area contributed by atoms with E-state index in [0.29, 0.717) is 11.4 Å². The number of aliphatic imine (C=N–C) groups is 1. The Balaban J connectivity index is 2.98. The van der Waals surface area contributed by atoms with E-state index in [1.807, 2.05) is 0 Å². The highest BCUT2D eigenvalue weighted by atomic mass is 15.3. The van der Waals surface area contributed by atoms with E-state index in [1.54, 1.807) is 13.1 Å². The third-order valence-electron chi connectivity index (χ3n) is 1.18. The summed E-state index contributed by atoms with van der Waals surface area (Å²) in [6.45, 7) is 1.78. The third kappa shape index (κ3) is 2.51. The summed E-state index contributed by atoms with van der Waals surface area (Å²) in [6.07, 6.45) is 5.42. The lowest BCUT2D eigenvalue weighted by atomic mass is 10.3. The average molecular weight is 176 g/mol. The van der Waals surface area contributed by atoms with Gasteiger partial charge in [-0.15, -0.1) is 20.4 Å². The first-order valence-electron chi connectivity index (χ1n) is 3.57. The second kappa shape index (κ2) is 4.81. The van der Waals surface area contributed by atoms with Gasteiger partial charge in [0.15, 0.2) is 6.33 Å². The number of aromatic nitrogens is 4. The highest BCUT2D eigenvalue weighted by Crippen LogP contribution is 2.02. The van der Waals surface area contributed by atoms with Gasteiger partial charge in [0.05, 0.1) is 5.57 Å². The van der Waals surface area contributed by atoms with E-state index in [1.165, 1.54) is 12.5 Å². The molecular weight excluding hydrogens is 168 g/mol. The average Bonchev–Trinajstić information content (AvgIpc) is 2.21. The summed E-state index contributed by atoms with van der Waals surface area (Å²) in [6, 6.07) is 0. The molecule has 6 nitrogen and oxygen atoms in total. The molecular formula is C7H8N6. The highest BCUT2D eigenvalue weighted by molar-refractivity contribution is 6.06. The van der Waals surface area contributed by atoms with Gasteiger partial charge in [0, 0.05) is 18.6 Å². The van der Waals surface area contributed by atoms with Crippen LogP contribution in [0, 0.1) is 5.41 Å². The van der Waals surface area contributed by atoms with Gasteiger partial charge in [-0.05, 0) is 6.92 Å². The van der Waals surface area contributed by atoms with Crippen molar-refractivity contribution in [3.63, 3.8) is 0 Å². The minimum atomic E-state index is 0.295. The first-order valence-corrected chi connectivity index (χ1v) is 3.57. The Morgan fingerprint density at radius 2 is 2.15 bits per heavy atom. The minimum Gasteiger partial charge on any atom is -0.308 e. The Bertz CT molecular complexity index is 328. The maximum Gasteiger partial charge on any atom is 0.206 e. The fourth-order valence-corrected chi connectivity index (χ4v) is 0.634. The molecule has 13 heavy (non-hydrogen) atoms. The van der Waals surface area contributed by atoms with Crippen LogP contribution in [0.2, 0.25) is 0 Å². The zero-order chi connectivity index (χ0) is 9.52. The predicted octanol–water partition coefficient (Wildman–Crippen LogP) is 0.348. The molecule has 0 fully saturated rings. The SMILES string of the molecule is CC=N/C=C(\C=N)c1nncnn1. The lowest BCUT2D eigenvalue weighted by Gasteiger charge is -1.93. The summed E-state index contributed by atoms with van der Waals surface area (Å²) >= 11 is 0. The zero-order valence-electron chi connectivity index (χ0n) is 7.05. The van der Waals surface area contributed by atoms with Crippen LogP contribution in [0.3, 0.4) is 0 Å². The van der Waals surface area contributed by atoms with E-state index in [0.717, 1.165) is 6.21 Å². The fraction of sp³-hybridized carbons (Fsp3) is 0.143. The molecule has 0 aliphatic heterocycles. The highest BCUT2D eigenvalue weighted by Gasteiger charge is 2.00. The largest absolute Gasteiger partial charge is 0.308 e. The van der Waals surface area contributed by atoms with Crippen LogP contribution in [0.5, 0.6) is 0 Å². The summed E-state index contributed by atoms with van der Waals surface area (Å²) in [7, 11) is 0. The van der Waals surface area contributed by atoms with Crippen molar-refractivity contribution in [2.75, 3.05) is 0 Å². The Hall–Kier alpha value is -1.98. The molecule has 0 spiro atoms. The second-order valence-electron chi connectivity index (χ2n) is 2.01. The molecule has 1 rings (SSSR count). The van der Waals surface area contributed by atoms with Crippen molar-refractivity contribution in [1.29, 1.82) is 5.41 Å². The number of hydrogen-bond donors (Lipinski definition) is 1. The molecule has 1 N–H and O–H groups in total. The molecule has 0 unspecified atom stereocenters. The van der Waals surface area contributed by atoms with Crippen LogP contribution in [0.15, 0.2) is 17.5 Å². The van der Waals surface area contributed by atoms with E-state index < -0.39 is 0 Å². The van der Waals surface area contributed by atoms with Gasteiger partial charge in [0.2, 0.25) is 5.82 Å². The van der Waals surface area contributed by atoms with Crippen LogP contribution in [0.25, 0.3) is 5.57 Å². The van der Waals surface area contributed by atoms with Gasteiger partial charge in [-0.25, -0.2) is 0 Å². The minimum absolute atomic E-state index is 0.295. The molecule has 66 valence electrons. The van der Waals surface area contributed by atoms with Crippen LogP contribution < -0.4 is 0 Å². The molecule has 0 saturated heterocycles. The van der Waals surface area contributed by atoms with E-state index in [-0.39, 0.29) is 0 Å². The van der Waals surface area contributed by atoms with Crippen LogP contribution in [0.1, 0.15) is 12.7 Å². The molecule has 0 atom stereocenters. The summed E-state index contributed by atoms with van der Waals surface area (Å²) in [5, 5.41) is 21.5. The van der Waals surface area contributed by atoms with Crippen molar-refractivity contribution in [2.24, 2.45) is 4.99 Å². The molecule has 1 aromatic rings. The molecule has 0 radical (unpaired) electrons. The van der Waals surface area contributed by atoms with Crippen molar-refractivity contribution in [1.82, 2.24) is 20.4 Å². The monoisotopic (exact) mass is 176 g/mol. The van der Waals surface area contributed by atoms with Crippen molar-refractivity contribution in [3.8, 4) is 0 Å². The Morgan fingerprint density at radius 3 is 2.69 bits per heavy atom. The van der Waals surface area contributed by atoms with Crippen LogP contribution >= 0.6 is 0 Å². The standard InChI is InChI=1S/C7H8N6/c1-2-9-4-6(3-8)7-12-10-5-11-13-7/h2-5,8H,1H3/b6-4+,8-3?,9-2?. The lowest BCUT2D eigenvalue weighted by molar-refractivity contribution is 0.836. The van der Waals surface area contributed by atoms with Crippen LogP contribution in [0.4, 0.5) is 0 Å². The van der Waals surface area contributed by atoms with E-state index in [9.17, 15) is 0 Å². The summed E-state index contributed by atoms with van der Waals surface area (Å²) < 4.78 is 0. The molecule has 0 amide bonds. The van der Waals surface area contributed by atoms with Crippen molar-refractivity contribution in [2.45, 2.75) is 6.92 Å². The van der Waals surface area contributed by atoms with Gasteiger partial charge < -0.3 is 5.41 Å². The molecule has 1 heterocycles. The maximum absolute atomic E-state index is 7.07. The topological polar surface area (TPSA) is 87.8 Å². The molecule has 0 aliphatic rings. The smallest absolute Gasteiger partial charge is 0.206 e. The molecule has 6 heteroatoms. The van der Waals surface area contributed by atoms with E-state index in [2.05, 4.69) is 25.4 Å². The van der Waals surface area contributed by atoms with Gasteiger partial charge >= 0.3 is 0 Å². The van der Waals surface area contributed by atoms with E-state index in [4.69, 9.17) is 5.41 Å². The molecule has 1 aromatic heterocycles. The number of rotatable bonds is 3. The Morgan fingerprint density at radius 1 is 1.46 bits per heavy atom. The number of allylic oxidation sites excluding steroid dienone is 1. The quantitative estimate of drug-likeness (QED) is 0.673. The normalized spacial score (nSPS) is 11.9. The third-order valence-corrected chi connectivity index (χ3v) is 1.18. The number of hydrogen-bond acceptors (Lipinski definition) is 6. The first kappa shape index (κ1) is 9.11. The van der Waals surface area contributed by atoms with Gasteiger partial charge in [0.1, 0.15) is 0 Å². The first-order chi connectivity index (χ1) is 6.38. The Labute approximate surface area is 75.0 Å². The van der Waals surface area contributed by atoms with Gasteiger partial charge in [0.25, 0.3) is 0 Å². The summed E-state index contributed by atoms with van der Waals surface area (Å²) in [5.41, 5.74) is 0.471. The summed E-state index contributed by atoms with van der Waals surface area (Å²) in [4.78, 5) is 3.85. The van der Waals surface area contributed by atoms with E-state index >= 15 is 0 Å². The zero-order valence-corrected chi connectivity index (χ0v) is 7.05. The summed E-state index contributed by atoms with van der Waals surface area (Å²) in [5.74, 6) is 0.295. The van der Waals surface area contributed by atoms with Crippen molar-refractivity contribution >= 4 is 18.0 Å². The molecule has 0 saturated carbocycles. The van der Waals surface area contributed by atoms with Gasteiger partial charge in [-0.1, -0.05) is 0 Å². The number of nitrogens with one attached hydrogen (secondary N) is 1. The van der Waals surface area contributed by atoms with Crippen molar-refractivity contribution < 1.29 is 0 Å². The molecule has 0 aliphatic carbocycles. The molecule has 0 bridgehead atoms. The molecule has 0 aromatic carbocycles. The van der Waals surface area contributed by atoms with Gasteiger partial charge in [-0.2, -0.15) is 0 Å². The van der Waals surface area contributed by atoms with Crippen LogP contribution in [-0.2, 0) is 0 Å². The lowest BCUT2D eigenvalue weighted by Crippen LogP contribution is -1.98. The Kier molecular flexibility index (Phi) is 3.37. The van der Waals surface area contributed by atoms with Crippen LogP contribution in [-0.4, -0.2) is 32.8 Å².